The van der Waals surface area contributed by atoms with Gasteiger partial charge in [-0.05, 0) is 140 Å². The third-order valence-corrected chi connectivity index (χ3v) is 17.6. The molecule has 6 aromatic rings. The number of Topliss-reactive ketones (excluding diaryl/α,β-unsaturated/α-hetero) is 3. The van der Waals surface area contributed by atoms with E-state index < -0.39 is 107 Å². The highest BCUT2D eigenvalue weighted by Crippen LogP contribution is 2.34. The van der Waals surface area contributed by atoms with E-state index in [0.717, 1.165) is 68.1 Å². The van der Waals surface area contributed by atoms with Crippen molar-refractivity contribution in [3.63, 3.8) is 0 Å². The van der Waals surface area contributed by atoms with Crippen LogP contribution in [0.25, 0.3) is 0 Å². The van der Waals surface area contributed by atoms with Crippen LogP contribution in [0.5, 0.6) is 17.2 Å². The van der Waals surface area contributed by atoms with Gasteiger partial charge in [-0.2, -0.15) is 0 Å². The summed E-state index contributed by atoms with van der Waals surface area (Å²) in [6.07, 6.45) is 8.45. The van der Waals surface area contributed by atoms with E-state index in [4.69, 9.17) is 14.2 Å². The Hall–Kier alpha value is -11.0. The van der Waals surface area contributed by atoms with E-state index in [2.05, 4.69) is 47.9 Å². The Morgan fingerprint density at radius 1 is 0.356 bits per heavy atom. The van der Waals surface area contributed by atoms with Gasteiger partial charge in [-0.15, -0.1) is 0 Å². The number of rotatable bonds is 35. The normalized spacial score (nSPS) is 15.2. The van der Waals surface area contributed by atoms with Gasteiger partial charge in [-0.25, -0.2) is 0 Å². The summed E-state index contributed by atoms with van der Waals surface area (Å²) >= 11 is 0. The van der Waals surface area contributed by atoms with E-state index in [9.17, 15) is 57.5 Å². The molecule has 10 rings (SSSR count). The van der Waals surface area contributed by atoms with Crippen LogP contribution in [-0.2, 0) is 62.4 Å². The monoisotopic (exact) mass is 1420 g/mol. The number of ketones is 3. The Balaban J connectivity index is 0.000000197. The minimum Gasteiger partial charge on any atom is -0.497 e. The lowest BCUT2D eigenvalue weighted by Gasteiger charge is -2.25. The topological polar surface area (TPSA) is 341 Å². The number of methoxy groups -OCH3 is 3. The van der Waals surface area contributed by atoms with Crippen molar-refractivity contribution < 1.29 is 71.7 Å². The van der Waals surface area contributed by atoms with Gasteiger partial charge in [0.25, 0.3) is 35.4 Å². The molecule has 104 heavy (non-hydrogen) atoms. The molecule has 550 valence electrons. The van der Waals surface area contributed by atoms with Crippen molar-refractivity contribution >= 4 is 70.5 Å². The zero-order valence-corrected chi connectivity index (χ0v) is 59.8. The molecule has 0 unspecified atom stereocenters. The van der Waals surface area contributed by atoms with E-state index in [1.54, 1.807) is 86.6 Å². The van der Waals surface area contributed by atoms with Crippen molar-refractivity contribution in [1.82, 2.24) is 47.9 Å². The summed E-state index contributed by atoms with van der Waals surface area (Å²) in [5.74, 6) is -5.19. The van der Waals surface area contributed by atoms with Crippen molar-refractivity contribution in [2.24, 2.45) is 17.8 Å². The first-order chi connectivity index (χ1) is 50.0. The van der Waals surface area contributed by atoms with Crippen LogP contribution in [0.4, 0.5) is 0 Å². The van der Waals surface area contributed by atoms with Crippen LogP contribution in [0.15, 0.2) is 164 Å². The fourth-order valence-corrected chi connectivity index (χ4v) is 11.1. The highest BCUT2D eigenvalue weighted by atomic mass is 16.5. The number of benzene rings is 6. The summed E-state index contributed by atoms with van der Waals surface area (Å²) in [6.45, 7) is 7.47. The molecule has 24 nitrogen and oxygen atoms in total. The minimum absolute atomic E-state index is 0.0232. The zero-order valence-electron chi connectivity index (χ0n) is 59.8. The second-order valence-corrected chi connectivity index (χ2v) is 27.3. The number of hydrogen-bond donors (Lipinski definition) is 9. The molecule has 9 amide bonds. The summed E-state index contributed by atoms with van der Waals surface area (Å²) < 4.78 is 15.5. The largest absolute Gasteiger partial charge is 0.497 e. The van der Waals surface area contributed by atoms with Crippen LogP contribution in [0.3, 0.4) is 0 Å². The number of amides is 9. The van der Waals surface area contributed by atoms with Gasteiger partial charge in [0.15, 0.2) is 0 Å². The van der Waals surface area contributed by atoms with Gasteiger partial charge in [-0.3, -0.25) is 57.5 Å². The molecule has 0 spiro atoms. The van der Waals surface area contributed by atoms with Crippen LogP contribution in [0.2, 0.25) is 0 Å². The van der Waals surface area contributed by atoms with E-state index in [1.807, 2.05) is 105 Å². The molecular formula is C80H95N9O15. The van der Waals surface area contributed by atoms with Gasteiger partial charge in [0.05, 0.1) is 21.3 Å². The SMILES string of the molecule is COc1cccc(C(=O)N[C@@H](CC(C)C)C(=O)N[C@@H](Cc2ccccc2)C(=O)C(=O)NC2CC2)c1.COc1cccc(C(=O)N[C@@H](CC2CC2)C(=O)N[C@@H](Cc2ccccc2)C(=O)C(=O)NC2CC2)c1.COc1cccc(C(=O)N[C@H](C(=O)N[C@@H](Cc2ccccc2)C(=O)C(=O)NC2CC2)C(C)C)c1. The number of carbonyl (C=O) groups excluding carboxylic acids is 12. The maximum atomic E-state index is 13.3. The standard InChI is InChI=1S/C27H31N3O5.C27H33N3O5.C26H31N3O5/c1-35-21-9-5-8-19(16-21)25(32)30-23(15-18-10-11-18)26(33)29-22(14-17-6-3-2-4-7-17)24(31)27(34)28-20-12-13-20;1-17(2)14-23(30-25(32)19-10-7-11-21(16-19)35-3)26(33)29-22(15-18-8-5-4-6-9-18)24(31)27(34)28-20-12-13-20;1-16(2)22(29-24(31)18-10-7-11-20(15-18)34-3)25(32)28-21(14-17-8-5-4-6-9-17)23(30)26(33)27-19-12-13-19/h2-9,16,18,20,22-23H,10-15H2,1H3,(H,28,34)(H,29,33)(H,30,32);4-11,16-17,20,22-23H,12-15H2,1-3H3,(H,28,34)(H,29,33)(H,30,32);4-11,15-16,19,21-22H,12-14H2,1-3H3,(H,27,33)(H,28,32)(H,29,31)/t2*22-,23-;21-,22-/m000/s1. The Morgan fingerprint density at radius 2 is 0.673 bits per heavy atom. The molecule has 24 heteroatoms. The van der Waals surface area contributed by atoms with Crippen molar-refractivity contribution in [1.29, 1.82) is 0 Å². The molecule has 4 aliphatic carbocycles. The Morgan fingerprint density at radius 3 is 0.981 bits per heavy atom. The number of hydrogen-bond acceptors (Lipinski definition) is 15. The lowest BCUT2D eigenvalue weighted by molar-refractivity contribution is -0.140. The van der Waals surface area contributed by atoms with Gasteiger partial charge in [-0.1, -0.05) is 150 Å². The number of ether oxygens (including phenoxy) is 3. The minimum atomic E-state index is -1.05. The van der Waals surface area contributed by atoms with Crippen LogP contribution in [0, 0.1) is 17.8 Å². The van der Waals surface area contributed by atoms with Crippen molar-refractivity contribution in [3.05, 3.63) is 197 Å². The fourth-order valence-electron chi connectivity index (χ4n) is 11.1. The molecule has 9 N–H and O–H groups in total. The maximum absolute atomic E-state index is 13.3. The third kappa shape index (κ3) is 25.8. The molecule has 0 aliphatic heterocycles. The first kappa shape index (κ1) is 78.7. The molecule has 0 bridgehead atoms. The lowest BCUT2D eigenvalue weighted by atomic mass is 9.98. The average Bonchev–Trinajstić information content (AvgIpc) is 1.37. The van der Waals surface area contributed by atoms with Crippen molar-refractivity contribution in [3.8, 4) is 17.2 Å². The first-order valence-electron chi connectivity index (χ1n) is 35.4. The first-order valence-corrected chi connectivity index (χ1v) is 35.4. The van der Waals surface area contributed by atoms with E-state index in [0.29, 0.717) is 52.7 Å². The average molecular weight is 1420 g/mol. The molecule has 0 saturated heterocycles. The van der Waals surface area contributed by atoms with Crippen LogP contribution in [0.1, 0.15) is 140 Å². The summed E-state index contributed by atoms with van der Waals surface area (Å²) in [5.41, 5.74) is 3.52. The zero-order chi connectivity index (χ0) is 74.8. The van der Waals surface area contributed by atoms with Crippen molar-refractivity contribution in [2.45, 2.75) is 166 Å². The number of nitrogens with one attached hydrogen (secondary N) is 9. The second-order valence-electron chi connectivity index (χ2n) is 27.3. The fraction of sp³-hybridized carbons (Fsp3) is 0.400. The second kappa shape index (κ2) is 38.8. The molecular weight excluding hydrogens is 1330 g/mol. The smallest absolute Gasteiger partial charge is 0.289 e. The predicted octanol–water partition coefficient (Wildman–Crippen LogP) is 6.61. The highest BCUT2D eigenvalue weighted by molar-refractivity contribution is 6.39. The predicted molar refractivity (Wildman–Crippen MR) is 389 cm³/mol. The van der Waals surface area contributed by atoms with Gasteiger partial charge in [0, 0.05) is 54.1 Å². The summed E-state index contributed by atoms with van der Waals surface area (Å²) in [5, 5.41) is 24.6. The van der Waals surface area contributed by atoms with Gasteiger partial charge in [0.1, 0.15) is 53.5 Å². The van der Waals surface area contributed by atoms with E-state index in [1.165, 1.54) is 21.3 Å². The highest BCUT2D eigenvalue weighted by Gasteiger charge is 2.39. The molecule has 0 heterocycles. The Bertz CT molecular complexity index is 3810. The van der Waals surface area contributed by atoms with Crippen LogP contribution in [-0.4, -0.2) is 146 Å². The van der Waals surface area contributed by atoms with Crippen molar-refractivity contribution in [2.75, 3.05) is 21.3 Å². The van der Waals surface area contributed by atoms with Gasteiger partial charge in [0.2, 0.25) is 35.1 Å². The third-order valence-electron chi connectivity index (χ3n) is 17.6. The molecule has 6 atom stereocenters. The van der Waals surface area contributed by atoms with E-state index >= 15 is 0 Å². The Kier molecular flexibility index (Phi) is 29.4. The lowest BCUT2D eigenvalue weighted by Crippen LogP contribution is -2.56. The molecule has 4 saturated carbocycles. The summed E-state index contributed by atoms with van der Waals surface area (Å²) in [6, 6.07) is 41.8. The molecule has 0 radical (unpaired) electrons. The molecule has 6 aromatic carbocycles. The Labute approximate surface area is 606 Å². The number of carbonyl (C=O) groups is 12. The van der Waals surface area contributed by atoms with Crippen LogP contribution >= 0.6 is 0 Å². The van der Waals surface area contributed by atoms with Crippen LogP contribution < -0.4 is 62.1 Å². The quantitative estimate of drug-likeness (QED) is 0.0189. The van der Waals surface area contributed by atoms with Gasteiger partial charge < -0.3 is 62.1 Å². The molecule has 4 aliphatic rings. The van der Waals surface area contributed by atoms with Gasteiger partial charge >= 0.3 is 0 Å². The maximum Gasteiger partial charge on any atom is 0.289 e. The molecule has 4 fully saturated rings. The van der Waals surface area contributed by atoms with E-state index in [-0.39, 0.29) is 49.2 Å². The summed E-state index contributed by atoms with van der Waals surface area (Å²) in [4.78, 5) is 155. The summed E-state index contributed by atoms with van der Waals surface area (Å²) in [7, 11) is 4.53. The molecule has 0 aromatic heterocycles.